The normalized spacial score (nSPS) is 19.8. The number of nitrogens with one attached hydrogen (secondary N) is 1. The number of rotatable bonds is 8. The molecule has 0 aromatic carbocycles. The van der Waals surface area contributed by atoms with Crippen LogP contribution in [0.15, 0.2) is 12.1 Å². The largest absolute Gasteiger partial charge is 0.356 e. The molecular weight excluding hydrogens is 296 g/mol. The summed E-state index contributed by atoms with van der Waals surface area (Å²) in [4.78, 5) is 28.4. The molecule has 22 heavy (non-hydrogen) atoms. The van der Waals surface area contributed by atoms with E-state index in [-0.39, 0.29) is 17.7 Å². The van der Waals surface area contributed by atoms with Crippen LogP contribution >= 0.6 is 11.3 Å². The van der Waals surface area contributed by atoms with Crippen molar-refractivity contribution in [2.24, 2.45) is 5.92 Å². The van der Waals surface area contributed by atoms with Crippen LogP contribution in [0.5, 0.6) is 0 Å². The Morgan fingerprint density at radius 2 is 2.05 bits per heavy atom. The van der Waals surface area contributed by atoms with Crippen molar-refractivity contribution < 1.29 is 9.59 Å². The summed E-state index contributed by atoms with van der Waals surface area (Å²) in [6, 6.07) is 4.26. The maximum atomic E-state index is 12.1. The molecule has 5 heteroatoms. The maximum absolute atomic E-state index is 12.1. The first-order valence-electron chi connectivity index (χ1n) is 8.18. The second kappa shape index (κ2) is 7.77. The van der Waals surface area contributed by atoms with Crippen molar-refractivity contribution in [3.05, 3.63) is 21.9 Å². The van der Waals surface area contributed by atoms with E-state index in [1.54, 1.807) is 11.3 Å². The monoisotopic (exact) mass is 322 g/mol. The van der Waals surface area contributed by atoms with Gasteiger partial charge in [-0.3, -0.25) is 9.59 Å². The summed E-state index contributed by atoms with van der Waals surface area (Å²) in [5.41, 5.74) is 0. The highest BCUT2D eigenvalue weighted by atomic mass is 32.1. The van der Waals surface area contributed by atoms with Gasteiger partial charge in [-0.2, -0.15) is 0 Å². The fourth-order valence-electron chi connectivity index (χ4n) is 2.77. The molecule has 122 valence electrons. The molecule has 1 saturated carbocycles. The number of aryl methyl sites for hydroxylation is 1. The van der Waals surface area contributed by atoms with Gasteiger partial charge in [0.2, 0.25) is 11.8 Å². The van der Waals surface area contributed by atoms with Crippen LogP contribution in [0.4, 0.5) is 0 Å². The van der Waals surface area contributed by atoms with Crippen LogP contribution < -0.4 is 5.32 Å². The highest BCUT2D eigenvalue weighted by Crippen LogP contribution is 2.49. The quantitative estimate of drug-likeness (QED) is 0.748. The molecule has 0 radical (unpaired) electrons. The predicted octanol–water partition coefficient (Wildman–Crippen LogP) is 2.92. The molecule has 1 fully saturated rings. The van der Waals surface area contributed by atoms with Crippen LogP contribution in [0.25, 0.3) is 0 Å². The number of nitrogens with zero attached hydrogens (tertiary/aromatic N) is 1. The Hall–Kier alpha value is -1.36. The summed E-state index contributed by atoms with van der Waals surface area (Å²) in [5, 5.41) is 2.98. The molecule has 0 spiro atoms. The van der Waals surface area contributed by atoms with Gasteiger partial charge in [0.25, 0.3) is 0 Å². The Bertz CT molecular complexity index is 522. The number of amides is 2. The summed E-state index contributed by atoms with van der Waals surface area (Å²) in [5.74, 6) is 0.872. The second-order valence-corrected chi connectivity index (χ2v) is 7.18. The van der Waals surface area contributed by atoms with Gasteiger partial charge in [0.15, 0.2) is 0 Å². The van der Waals surface area contributed by atoms with E-state index in [2.05, 4.69) is 24.4 Å². The molecule has 2 amide bonds. The Balaban J connectivity index is 1.64. The molecule has 2 rings (SSSR count). The van der Waals surface area contributed by atoms with Crippen molar-refractivity contribution >= 4 is 23.2 Å². The average molecular weight is 322 g/mol. The van der Waals surface area contributed by atoms with E-state index in [1.165, 1.54) is 9.75 Å². The number of carbonyl (C=O) groups is 2. The first-order valence-corrected chi connectivity index (χ1v) is 9.00. The molecule has 0 saturated heterocycles. The average Bonchev–Trinajstić information content (AvgIpc) is 3.19. The van der Waals surface area contributed by atoms with Gasteiger partial charge in [-0.1, -0.05) is 0 Å². The molecule has 1 aliphatic carbocycles. The van der Waals surface area contributed by atoms with Gasteiger partial charge in [0.05, 0.1) is 0 Å². The minimum absolute atomic E-state index is 0.136. The summed E-state index contributed by atoms with van der Waals surface area (Å²) in [6.45, 7) is 8.18. The molecule has 0 bridgehead atoms. The van der Waals surface area contributed by atoms with E-state index >= 15 is 0 Å². The zero-order chi connectivity index (χ0) is 16.1. The van der Waals surface area contributed by atoms with Gasteiger partial charge in [-0.05, 0) is 45.7 Å². The van der Waals surface area contributed by atoms with Crippen molar-refractivity contribution in [3.63, 3.8) is 0 Å². The van der Waals surface area contributed by atoms with Gasteiger partial charge in [0, 0.05) is 47.6 Å². The lowest BCUT2D eigenvalue weighted by atomic mass is 10.2. The van der Waals surface area contributed by atoms with E-state index in [4.69, 9.17) is 0 Å². The number of hydrogen-bond acceptors (Lipinski definition) is 3. The first kappa shape index (κ1) is 17.0. The van der Waals surface area contributed by atoms with Crippen molar-refractivity contribution in [2.45, 2.75) is 46.0 Å². The van der Waals surface area contributed by atoms with Crippen molar-refractivity contribution in [1.29, 1.82) is 0 Å². The van der Waals surface area contributed by atoms with Crippen LogP contribution in [0, 0.1) is 12.8 Å². The lowest BCUT2D eigenvalue weighted by molar-refractivity contribution is -0.131. The zero-order valence-electron chi connectivity index (χ0n) is 13.7. The summed E-state index contributed by atoms with van der Waals surface area (Å²) >= 11 is 1.79. The molecule has 1 aromatic heterocycles. The van der Waals surface area contributed by atoms with Gasteiger partial charge in [0.1, 0.15) is 0 Å². The van der Waals surface area contributed by atoms with E-state index in [0.717, 1.165) is 25.9 Å². The molecule has 1 aromatic rings. The standard InChI is InChI=1S/C17H26N2O2S/c1-4-19(5-2)16(20)7-6-10-18-17(21)14-11-13(14)15-9-8-12(3)22-15/h8-9,13-14H,4-7,10-11H2,1-3H3,(H,18,21)/t13-,14+/m0/s1. The molecule has 2 atom stereocenters. The minimum Gasteiger partial charge on any atom is -0.356 e. The summed E-state index contributed by atoms with van der Waals surface area (Å²) in [6.07, 6.45) is 2.20. The summed E-state index contributed by atoms with van der Waals surface area (Å²) < 4.78 is 0. The topological polar surface area (TPSA) is 49.4 Å². The van der Waals surface area contributed by atoms with Crippen LogP contribution in [-0.2, 0) is 9.59 Å². The van der Waals surface area contributed by atoms with Crippen LogP contribution in [0.1, 0.15) is 48.8 Å². The van der Waals surface area contributed by atoms with Gasteiger partial charge in [-0.25, -0.2) is 0 Å². The van der Waals surface area contributed by atoms with E-state index < -0.39 is 0 Å². The number of carbonyl (C=O) groups excluding carboxylic acids is 2. The molecule has 0 unspecified atom stereocenters. The first-order chi connectivity index (χ1) is 10.6. The molecule has 1 heterocycles. The van der Waals surface area contributed by atoms with Crippen LogP contribution in [-0.4, -0.2) is 36.3 Å². The predicted molar refractivity (Wildman–Crippen MR) is 90.1 cm³/mol. The number of hydrogen-bond donors (Lipinski definition) is 1. The maximum Gasteiger partial charge on any atom is 0.223 e. The van der Waals surface area contributed by atoms with Gasteiger partial charge in [-0.15, -0.1) is 11.3 Å². The molecular formula is C17H26N2O2S. The fourth-order valence-corrected chi connectivity index (χ4v) is 3.82. The Morgan fingerprint density at radius 1 is 1.32 bits per heavy atom. The van der Waals surface area contributed by atoms with Crippen molar-refractivity contribution in [1.82, 2.24) is 10.2 Å². The highest BCUT2D eigenvalue weighted by Gasteiger charge is 2.44. The van der Waals surface area contributed by atoms with Crippen molar-refractivity contribution in [2.75, 3.05) is 19.6 Å². The molecule has 1 aliphatic rings. The second-order valence-electron chi connectivity index (χ2n) is 5.86. The third-order valence-electron chi connectivity index (χ3n) is 4.24. The van der Waals surface area contributed by atoms with Gasteiger partial charge >= 0.3 is 0 Å². The zero-order valence-corrected chi connectivity index (χ0v) is 14.5. The van der Waals surface area contributed by atoms with E-state index in [1.807, 2.05) is 18.7 Å². The smallest absolute Gasteiger partial charge is 0.223 e. The third kappa shape index (κ3) is 4.32. The highest BCUT2D eigenvalue weighted by molar-refractivity contribution is 7.12. The molecule has 4 nitrogen and oxygen atoms in total. The number of thiophene rings is 1. The van der Waals surface area contributed by atoms with E-state index in [9.17, 15) is 9.59 Å². The lowest BCUT2D eigenvalue weighted by Gasteiger charge is -2.18. The SMILES string of the molecule is CCN(CC)C(=O)CCCNC(=O)[C@@H]1C[C@@H]1c1ccc(C)s1. The summed E-state index contributed by atoms with van der Waals surface area (Å²) in [7, 11) is 0. The van der Waals surface area contributed by atoms with E-state index in [0.29, 0.717) is 18.9 Å². The molecule has 1 N–H and O–H groups in total. The van der Waals surface area contributed by atoms with Crippen LogP contribution in [0.3, 0.4) is 0 Å². The Labute approximate surface area is 136 Å². The Kier molecular flexibility index (Phi) is 6.00. The molecule has 0 aliphatic heterocycles. The van der Waals surface area contributed by atoms with Crippen molar-refractivity contribution in [3.8, 4) is 0 Å². The van der Waals surface area contributed by atoms with Crippen LogP contribution in [0.2, 0.25) is 0 Å². The Morgan fingerprint density at radius 3 is 2.64 bits per heavy atom. The van der Waals surface area contributed by atoms with Gasteiger partial charge < -0.3 is 10.2 Å². The minimum atomic E-state index is 0.136. The third-order valence-corrected chi connectivity index (χ3v) is 5.37. The lowest BCUT2D eigenvalue weighted by Crippen LogP contribution is -2.32. The fraction of sp³-hybridized carbons (Fsp3) is 0.647.